The number of carbonyl (C=O) groups excluding carboxylic acids is 2. The van der Waals surface area contributed by atoms with Gasteiger partial charge in [0.2, 0.25) is 5.91 Å². The molecule has 0 spiro atoms. The van der Waals surface area contributed by atoms with Crippen LogP contribution in [0, 0.1) is 0 Å². The molecule has 3 rings (SSSR count). The fourth-order valence-corrected chi connectivity index (χ4v) is 3.51. The molecular formula is C21H20ClN3O2S. The van der Waals surface area contributed by atoms with Crippen LogP contribution in [0.25, 0.3) is 0 Å². The average molecular weight is 414 g/mol. The van der Waals surface area contributed by atoms with E-state index >= 15 is 0 Å². The number of hydrogen-bond donors (Lipinski definition) is 2. The van der Waals surface area contributed by atoms with Crippen LogP contribution in [0.3, 0.4) is 0 Å². The number of anilines is 2. The van der Waals surface area contributed by atoms with Gasteiger partial charge in [0.15, 0.2) is 0 Å². The Kier molecular flexibility index (Phi) is 6.44. The topological polar surface area (TPSA) is 71.1 Å². The molecule has 0 bridgehead atoms. The van der Waals surface area contributed by atoms with Crippen molar-refractivity contribution in [2.24, 2.45) is 0 Å². The van der Waals surface area contributed by atoms with Gasteiger partial charge in [0, 0.05) is 22.0 Å². The standard InChI is InChI=1S/C21H20ClN3O2S/c1-13(2)21-24-16(12-28-21)11-19(26)25-18-6-4-3-5-17(18)20(27)23-15-9-7-14(22)8-10-15/h3-10,12-13H,11H2,1-2H3,(H,23,27)(H,25,26). The Balaban J connectivity index is 1.69. The third-order valence-corrected chi connectivity index (χ3v) is 5.40. The zero-order valence-corrected chi connectivity index (χ0v) is 17.1. The molecule has 28 heavy (non-hydrogen) atoms. The minimum Gasteiger partial charge on any atom is -0.325 e. The first-order chi connectivity index (χ1) is 13.4. The molecule has 0 aliphatic heterocycles. The zero-order valence-electron chi connectivity index (χ0n) is 15.5. The van der Waals surface area contributed by atoms with Crippen LogP contribution >= 0.6 is 22.9 Å². The molecule has 0 saturated heterocycles. The predicted octanol–water partition coefficient (Wildman–Crippen LogP) is 5.35. The van der Waals surface area contributed by atoms with E-state index in [1.54, 1.807) is 59.9 Å². The summed E-state index contributed by atoms with van der Waals surface area (Å²) in [5.74, 6) is -0.194. The van der Waals surface area contributed by atoms with E-state index in [1.165, 1.54) is 0 Å². The van der Waals surface area contributed by atoms with Crippen LogP contribution in [0.5, 0.6) is 0 Å². The summed E-state index contributed by atoms with van der Waals surface area (Å²) in [5, 5.41) is 9.12. The lowest BCUT2D eigenvalue weighted by atomic mass is 10.1. The van der Waals surface area contributed by atoms with Crippen molar-refractivity contribution < 1.29 is 9.59 Å². The first-order valence-electron chi connectivity index (χ1n) is 8.82. The number of benzene rings is 2. The van der Waals surface area contributed by atoms with Crippen LogP contribution in [-0.4, -0.2) is 16.8 Å². The number of carbonyl (C=O) groups is 2. The average Bonchev–Trinajstić information content (AvgIpc) is 3.12. The van der Waals surface area contributed by atoms with E-state index in [-0.39, 0.29) is 18.2 Å². The van der Waals surface area contributed by atoms with Gasteiger partial charge in [-0.05, 0) is 36.4 Å². The first-order valence-corrected chi connectivity index (χ1v) is 10.1. The number of aromatic nitrogens is 1. The maximum Gasteiger partial charge on any atom is 0.257 e. The Morgan fingerprint density at radius 2 is 1.79 bits per heavy atom. The summed E-state index contributed by atoms with van der Waals surface area (Å²) in [6, 6.07) is 13.7. The summed E-state index contributed by atoms with van der Waals surface area (Å²) in [7, 11) is 0. The number of nitrogens with zero attached hydrogens (tertiary/aromatic N) is 1. The molecule has 2 amide bonds. The smallest absolute Gasteiger partial charge is 0.257 e. The van der Waals surface area contributed by atoms with Gasteiger partial charge in [-0.2, -0.15) is 0 Å². The lowest BCUT2D eigenvalue weighted by Crippen LogP contribution is -2.19. The van der Waals surface area contributed by atoms with E-state index in [4.69, 9.17) is 11.6 Å². The van der Waals surface area contributed by atoms with Crippen molar-refractivity contribution >= 4 is 46.1 Å². The lowest BCUT2D eigenvalue weighted by Gasteiger charge is -2.11. The van der Waals surface area contributed by atoms with Crippen molar-refractivity contribution in [2.45, 2.75) is 26.2 Å². The SMILES string of the molecule is CC(C)c1nc(CC(=O)Nc2ccccc2C(=O)Nc2ccc(Cl)cc2)cs1. The summed E-state index contributed by atoms with van der Waals surface area (Å²) >= 11 is 7.42. The van der Waals surface area contributed by atoms with Gasteiger partial charge in [0.25, 0.3) is 5.91 Å². The Bertz CT molecular complexity index is 983. The van der Waals surface area contributed by atoms with Gasteiger partial charge < -0.3 is 10.6 Å². The fraction of sp³-hybridized carbons (Fsp3) is 0.190. The Morgan fingerprint density at radius 3 is 2.46 bits per heavy atom. The molecule has 0 saturated carbocycles. The predicted molar refractivity (Wildman–Crippen MR) is 114 cm³/mol. The van der Waals surface area contributed by atoms with E-state index in [0.717, 1.165) is 10.7 Å². The minimum atomic E-state index is -0.311. The molecule has 0 atom stereocenters. The molecule has 0 fully saturated rings. The second-order valence-corrected chi connectivity index (χ2v) is 7.89. The van der Waals surface area contributed by atoms with Crippen molar-refractivity contribution in [1.29, 1.82) is 0 Å². The van der Waals surface area contributed by atoms with Crippen LogP contribution in [0.15, 0.2) is 53.9 Å². The van der Waals surface area contributed by atoms with Crippen molar-refractivity contribution in [3.8, 4) is 0 Å². The summed E-state index contributed by atoms with van der Waals surface area (Å²) in [6.07, 6.45) is 0.163. The van der Waals surface area contributed by atoms with Gasteiger partial charge in [-0.15, -0.1) is 11.3 Å². The second-order valence-electron chi connectivity index (χ2n) is 6.56. The highest BCUT2D eigenvalue weighted by Crippen LogP contribution is 2.21. The zero-order chi connectivity index (χ0) is 20.1. The maximum absolute atomic E-state index is 12.6. The van der Waals surface area contributed by atoms with Crippen molar-refractivity contribution in [2.75, 3.05) is 10.6 Å². The molecule has 5 nitrogen and oxygen atoms in total. The van der Waals surface area contributed by atoms with E-state index in [0.29, 0.717) is 27.9 Å². The molecule has 3 aromatic rings. The number of rotatable bonds is 6. The van der Waals surface area contributed by atoms with Crippen molar-refractivity contribution in [3.63, 3.8) is 0 Å². The molecule has 1 heterocycles. The van der Waals surface area contributed by atoms with Crippen LogP contribution in [0.1, 0.15) is 40.8 Å². The van der Waals surface area contributed by atoms with E-state index in [1.807, 2.05) is 5.38 Å². The van der Waals surface area contributed by atoms with E-state index in [2.05, 4.69) is 29.5 Å². The van der Waals surface area contributed by atoms with Gasteiger partial charge in [-0.3, -0.25) is 9.59 Å². The van der Waals surface area contributed by atoms with Crippen molar-refractivity contribution in [3.05, 3.63) is 75.2 Å². The number of thiazole rings is 1. The van der Waals surface area contributed by atoms with Gasteiger partial charge in [-0.1, -0.05) is 37.6 Å². The van der Waals surface area contributed by atoms with Crippen LogP contribution in [-0.2, 0) is 11.2 Å². The maximum atomic E-state index is 12.6. The third kappa shape index (κ3) is 5.18. The fourth-order valence-electron chi connectivity index (χ4n) is 2.55. The molecule has 7 heteroatoms. The largest absolute Gasteiger partial charge is 0.325 e. The van der Waals surface area contributed by atoms with E-state index in [9.17, 15) is 9.59 Å². The summed E-state index contributed by atoms with van der Waals surface area (Å²) in [6.45, 7) is 4.14. The molecule has 0 aliphatic carbocycles. The Morgan fingerprint density at radius 1 is 1.07 bits per heavy atom. The highest BCUT2D eigenvalue weighted by molar-refractivity contribution is 7.09. The molecule has 2 N–H and O–H groups in total. The number of para-hydroxylation sites is 1. The molecule has 0 unspecified atom stereocenters. The summed E-state index contributed by atoms with van der Waals surface area (Å²) < 4.78 is 0. The number of nitrogens with one attached hydrogen (secondary N) is 2. The van der Waals surface area contributed by atoms with E-state index < -0.39 is 0 Å². The van der Waals surface area contributed by atoms with Gasteiger partial charge >= 0.3 is 0 Å². The second kappa shape index (κ2) is 8.99. The lowest BCUT2D eigenvalue weighted by molar-refractivity contribution is -0.115. The molecule has 0 aliphatic rings. The monoisotopic (exact) mass is 413 g/mol. The van der Waals surface area contributed by atoms with Gasteiger partial charge in [0.1, 0.15) is 0 Å². The highest BCUT2D eigenvalue weighted by atomic mass is 35.5. The molecule has 2 aromatic carbocycles. The summed E-state index contributed by atoms with van der Waals surface area (Å²) in [5.41, 5.74) is 2.19. The molecule has 1 aromatic heterocycles. The van der Waals surface area contributed by atoms with Crippen LogP contribution in [0.2, 0.25) is 5.02 Å². The molecule has 0 radical (unpaired) electrons. The van der Waals surface area contributed by atoms with Crippen molar-refractivity contribution in [1.82, 2.24) is 4.98 Å². The van der Waals surface area contributed by atoms with Crippen LogP contribution in [0.4, 0.5) is 11.4 Å². The normalized spacial score (nSPS) is 10.7. The number of halogens is 1. The summed E-state index contributed by atoms with van der Waals surface area (Å²) in [4.78, 5) is 29.6. The Labute approximate surface area is 172 Å². The van der Waals surface area contributed by atoms with Gasteiger partial charge in [-0.25, -0.2) is 4.98 Å². The third-order valence-electron chi connectivity index (χ3n) is 3.95. The molecular weight excluding hydrogens is 394 g/mol. The number of amides is 2. The minimum absolute atomic E-state index is 0.163. The quantitative estimate of drug-likeness (QED) is 0.571. The van der Waals surface area contributed by atoms with Gasteiger partial charge in [0.05, 0.1) is 28.4 Å². The first kappa shape index (κ1) is 20.0. The highest BCUT2D eigenvalue weighted by Gasteiger charge is 2.15. The number of hydrogen-bond acceptors (Lipinski definition) is 4. The Hall–Kier alpha value is -2.70. The van der Waals surface area contributed by atoms with Crippen LogP contribution < -0.4 is 10.6 Å². The molecule has 144 valence electrons.